The van der Waals surface area contributed by atoms with Crippen molar-refractivity contribution >= 4 is 11.9 Å². The van der Waals surface area contributed by atoms with Crippen LogP contribution >= 0.6 is 0 Å². The molecule has 8 nitrogen and oxygen atoms in total. The minimum absolute atomic E-state index is 0.151. The fourth-order valence-corrected chi connectivity index (χ4v) is 3.67. The van der Waals surface area contributed by atoms with Crippen molar-refractivity contribution in [3.05, 3.63) is 23.0 Å². The lowest BCUT2D eigenvalue weighted by atomic mass is 9.93. The van der Waals surface area contributed by atoms with Crippen LogP contribution in [0.3, 0.4) is 0 Å². The Morgan fingerprint density at radius 3 is 2.88 bits per heavy atom. The molecule has 0 spiro atoms. The van der Waals surface area contributed by atoms with E-state index in [2.05, 4.69) is 26.0 Å². The zero-order chi connectivity index (χ0) is 17.4. The number of nitrogens with zero attached hydrogens (tertiary/aromatic N) is 4. The van der Waals surface area contributed by atoms with Crippen LogP contribution in [0.5, 0.6) is 0 Å². The molecule has 1 aliphatic carbocycles. The number of carbonyl (C=O) groups is 1. The molecule has 0 aromatic carbocycles. The summed E-state index contributed by atoms with van der Waals surface area (Å²) in [4.78, 5) is 21.4. The van der Waals surface area contributed by atoms with E-state index in [1.807, 2.05) is 13.2 Å². The number of rotatable bonds is 3. The highest BCUT2D eigenvalue weighted by atomic mass is 16.1. The van der Waals surface area contributed by atoms with Crippen molar-refractivity contribution in [3.63, 3.8) is 0 Å². The van der Waals surface area contributed by atoms with Crippen LogP contribution in [0.1, 0.15) is 34.5 Å². The molecule has 1 fully saturated rings. The van der Waals surface area contributed by atoms with Gasteiger partial charge in [0.1, 0.15) is 0 Å². The Kier molecular flexibility index (Phi) is 4.12. The molecule has 8 heteroatoms. The summed E-state index contributed by atoms with van der Waals surface area (Å²) in [6, 6.07) is 0.398. The molecule has 2 aliphatic rings. The zero-order valence-corrected chi connectivity index (χ0v) is 14.6. The van der Waals surface area contributed by atoms with E-state index in [1.54, 1.807) is 11.7 Å². The second-order valence-electron chi connectivity index (χ2n) is 6.61. The number of amides is 1. The average Bonchev–Trinajstić information content (AvgIpc) is 2.99. The van der Waals surface area contributed by atoms with Crippen LogP contribution in [-0.2, 0) is 19.9 Å². The van der Waals surface area contributed by atoms with Crippen LogP contribution in [0.25, 0.3) is 11.4 Å². The number of aryl methyl sites for hydroxylation is 2. The second kappa shape index (κ2) is 6.44. The quantitative estimate of drug-likeness (QED) is 0.752. The summed E-state index contributed by atoms with van der Waals surface area (Å²) in [5.41, 5.74) is 4.39. The molecule has 0 bridgehead atoms. The number of piperidine rings is 1. The zero-order valence-electron chi connectivity index (χ0n) is 14.6. The molecule has 1 amide bonds. The maximum atomic E-state index is 12.1. The molecule has 1 saturated heterocycles. The van der Waals surface area contributed by atoms with Crippen LogP contribution < -0.4 is 16.0 Å². The SMILES string of the molecule is CNC(=O)c1nn(C)c2c1CCc1cnc(NC3CCNCC3)nc1-2. The lowest BCUT2D eigenvalue weighted by molar-refractivity contribution is 0.0956. The van der Waals surface area contributed by atoms with E-state index in [0.29, 0.717) is 17.7 Å². The Morgan fingerprint density at radius 2 is 2.12 bits per heavy atom. The molecule has 3 heterocycles. The van der Waals surface area contributed by atoms with Crippen molar-refractivity contribution in [2.75, 3.05) is 25.5 Å². The van der Waals surface area contributed by atoms with Gasteiger partial charge in [-0.3, -0.25) is 9.48 Å². The maximum Gasteiger partial charge on any atom is 0.271 e. The Hall–Kier alpha value is -2.48. The Morgan fingerprint density at radius 1 is 1.32 bits per heavy atom. The summed E-state index contributed by atoms with van der Waals surface area (Å²) in [5, 5.41) is 13.9. The third-order valence-corrected chi connectivity index (χ3v) is 4.99. The number of hydrogen-bond donors (Lipinski definition) is 3. The molecule has 25 heavy (non-hydrogen) atoms. The van der Waals surface area contributed by atoms with Crippen LogP contribution in [-0.4, -0.2) is 51.8 Å². The van der Waals surface area contributed by atoms with E-state index in [1.165, 1.54) is 0 Å². The third-order valence-electron chi connectivity index (χ3n) is 4.99. The van der Waals surface area contributed by atoms with Crippen molar-refractivity contribution in [1.82, 2.24) is 30.4 Å². The molecule has 0 atom stereocenters. The predicted octanol–water partition coefficient (Wildman–Crippen LogP) is 0.499. The molecule has 0 radical (unpaired) electrons. The van der Waals surface area contributed by atoms with Gasteiger partial charge in [-0.15, -0.1) is 0 Å². The summed E-state index contributed by atoms with van der Waals surface area (Å²) in [5.74, 6) is 0.503. The normalized spacial score (nSPS) is 16.9. The minimum Gasteiger partial charge on any atom is -0.354 e. The Balaban J connectivity index is 1.70. The van der Waals surface area contributed by atoms with Gasteiger partial charge in [-0.25, -0.2) is 9.97 Å². The number of anilines is 1. The van der Waals surface area contributed by atoms with Crippen LogP contribution in [0.4, 0.5) is 5.95 Å². The van der Waals surface area contributed by atoms with Crippen LogP contribution in [0.15, 0.2) is 6.20 Å². The smallest absolute Gasteiger partial charge is 0.271 e. The molecule has 132 valence electrons. The number of carbonyl (C=O) groups excluding carboxylic acids is 1. The molecule has 4 rings (SSSR count). The predicted molar refractivity (Wildman–Crippen MR) is 94.5 cm³/mol. The number of nitrogens with one attached hydrogen (secondary N) is 3. The van der Waals surface area contributed by atoms with Gasteiger partial charge < -0.3 is 16.0 Å². The summed E-state index contributed by atoms with van der Waals surface area (Å²) in [7, 11) is 3.49. The highest BCUT2D eigenvalue weighted by Crippen LogP contribution is 2.34. The third kappa shape index (κ3) is 2.86. The first-order valence-electron chi connectivity index (χ1n) is 8.79. The van der Waals surface area contributed by atoms with Gasteiger partial charge in [-0.2, -0.15) is 5.10 Å². The fraction of sp³-hybridized carbons (Fsp3) is 0.529. The van der Waals surface area contributed by atoms with Gasteiger partial charge in [0.25, 0.3) is 5.91 Å². The molecular weight excluding hydrogens is 318 g/mol. The minimum atomic E-state index is -0.151. The molecule has 3 N–H and O–H groups in total. The second-order valence-corrected chi connectivity index (χ2v) is 6.61. The largest absolute Gasteiger partial charge is 0.354 e. The van der Waals surface area contributed by atoms with E-state index >= 15 is 0 Å². The summed E-state index contributed by atoms with van der Waals surface area (Å²) in [6.07, 6.45) is 5.65. The van der Waals surface area contributed by atoms with Crippen LogP contribution in [0.2, 0.25) is 0 Å². The molecule has 1 aliphatic heterocycles. The molecule has 0 unspecified atom stereocenters. The van der Waals surface area contributed by atoms with Crippen molar-refractivity contribution in [2.45, 2.75) is 31.7 Å². The van der Waals surface area contributed by atoms with Crippen LogP contribution in [0, 0.1) is 0 Å². The first-order valence-corrected chi connectivity index (χ1v) is 8.79. The van der Waals surface area contributed by atoms with Gasteiger partial charge in [0.15, 0.2) is 5.69 Å². The maximum absolute atomic E-state index is 12.1. The van der Waals surface area contributed by atoms with E-state index in [4.69, 9.17) is 4.98 Å². The molecule has 0 saturated carbocycles. The topological polar surface area (TPSA) is 96.8 Å². The number of hydrogen-bond acceptors (Lipinski definition) is 6. The van der Waals surface area contributed by atoms with Gasteiger partial charge in [-0.05, 0) is 44.3 Å². The van der Waals surface area contributed by atoms with Crippen molar-refractivity contribution < 1.29 is 4.79 Å². The summed E-state index contributed by atoms with van der Waals surface area (Å²) >= 11 is 0. The highest BCUT2D eigenvalue weighted by molar-refractivity contribution is 5.95. The van der Waals surface area contributed by atoms with E-state index in [-0.39, 0.29) is 5.91 Å². The number of aromatic nitrogens is 4. The highest BCUT2D eigenvalue weighted by Gasteiger charge is 2.28. The van der Waals surface area contributed by atoms with E-state index < -0.39 is 0 Å². The molecule has 2 aromatic heterocycles. The van der Waals surface area contributed by atoms with Crippen molar-refractivity contribution in [3.8, 4) is 11.4 Å². The summed E-state index contributed by atoms with van der Waals surface area (Å²) in [6.45, 7) is 2.04. The molecule has 2 aromatic rings. The Bertz CT molecular complexity index is 808. The number of fused-ring (bicyclic) bond motifs is 3. The monoisotopic (exact) mass is 341 g/mol. The van der Waals surface area contributed by atoms with Gasteiger partial charge in [0.05, 0.1) is 11.4 Å². The average molecular weight is 341 g/mol. The van der Waals surface area contributed by atoms with Gasteiger partial charge in [-0.1, -0.05) is 0 Å². The summed E-state index contributed by atoms with van der Waals surface area (Å²) < 4.78 is 1.76. The van der Waals surface area contributed by atoms with E-state index in [0.717, 1.165) is 61.3 Å². The standard InChI is InChI=1S/C17H23N7O/c1-18-16(25)14-12-4-3-10-9-20-17(21-11-5-7-19-8-6-11)22-13(10)15(12)24(2)23-14/h9,11,19H,3-8H2,1-2H3,(H,18,25)(H,20,21,22). The van der Waals surface area contributed by atoms with Gasteiger partial charge in [0, 0.05) is 31.9 Å². The first kappa shape index (κ1) is 16.0. The lowest BCUT2D eigenvalue weighted by Crippen LogP contribution is -2.35. The Labute approximate surface area is 146 Å². The van der Waals surface area contributed by atoms with Crippen molar-refractivity contribution in [1.29, 1.82) is 0 Å². The van der Waals surface area contributed by atoms with Gasteiger partial charge >= 0.3 is 0 Å². The van der Waals surface area contributed by atoms with Crippen molar-refractivity contribution in [2.24, 2.45) is 7.05 Å². The van der Waals surface area contributed by atoms with Gasteiger partial charge in [0.2, 0.25) is 5.95 Å². The first-order chi connectivity index (χ1) is 12.2. The molecular formula is C17H23N7O. The lowest BCUT2D eigenvalue weighted by Gasteiger charge is -2.24. The fourth-order valence-electron chi connectivity index (χ4n) is 3.67. The van der Waals surface area contributed by atoms with E-state index in [9.17, 15) is 4.79 Å².